The van der Waals surface area contributed by atoms with Crippen LogP contribution >= 0.6 is 0 Å². The zero-order valence-corrected chi connectivity index (χ0v) is 7.99. The number of aryl methyl sites for hydroxylation is 1. The molecule has 0 spiro atoms. The van der Waals surface area contributed by atoms with Gasteiger partial charge in [-0.05, 0) is 19.8 Å². The zero-order chi connectivity index (χ0) is 10.1. The van der Waals surface area contributed by atoms with Crippen molar-refractivity contribution >= 4 is 12.0 Å². The summed E-state index contributed by atoms with van der Waals surface area (Å²) in [7, 11) is 0. The summed E-state index contributed by atoms with van der Waals surface area (Å²) >= 11 is 0. The molecule has 2 heterocycles. The summed E-state index contributed by atoms with van der Waals surface area (Å²) < 4.78 is 5.29. The highest BCUT2D eigenvalue weighted by atomic mass is 16.4. The lowest BCUT2D eigenvalue weighted by molar-refractivity contribution is 0.0689. The molecular formula is C9H12N2O3. The van der Waals surface area contributed by atoms with E-state index in [1.807, 2.05) is 4.90 Å². The van der Waals surface area contributed by atoms with Gasteiger partial charge in [-0.15, -0.1) is 0 Å². The minimum atomic E-state index is -1.03. The number of carboxylic acid groups (broad SMARTS) is 1. The maximum atomic E-state index is 10.7. The number of aromatic carboxylic acids is 1. The quantitative estimate of drug-likeness (QED) is 0.771. The third-order valence-corrected chi connectivity index (χ3v) is 2.36. The summed E-state index contributed by atoms with van der Waals surface area (Å²) in [6.45, 7) is 3.42. The minimum Gasteiger partial charge on any atom is -0.476 e. The molecule has 14 heavy (non-hydrogen) atoms. The highest BCUT2D eigenvalue weighted by Gasteiger charge is 2.21. The number of oxazole rings is 1. The second-order valence-electron chi connectivity index (χ2n) is 3.40. The molecule has 1 N–H and O–H groups in total. The normalized spacial score (nSPS) is 16.2. The standard InChI is InChI=1S/C9H12N2O3/c1-6-7(8(12)13)10-9(14-6)11-4-2-3-5-11/h2-5H2,1H3,(H,12,13). The molecule has 2 rings (SSSR count). The van der Waals surface area contributed by atoms with Gasteiger partial charge in [0.2, 0.25) is 0 Å². The second-order valence-corrected chi connectivity index (χ2v) is 3.40. The maximum absolute atomic E-state index is 10.7. The largest absolute Gasteiger partial charge is 0.476 e. The first-order valence-corrected chi connectivity index (χ1v) is 4.64. The number of rotatable bonds is 2. The van der Waals surface area contributed by atoms with E-state index in [9.17, 15) is 4.79 Å². The molecule has 1 aromatic heterocycles. The number of nitrogens with zero attached hydrogens (tertiary/aromatic N) is 2. The van der Waals surface area contributed by atoms with Gasteiger partial charge in [-0.1, -0.05) is 0 Å². The predicted octanol–water partition coefficient (Wildman–Crippen LogP) is 1.28. The molecule has 1 aliphatic rings. The van der Waals surface area contributed by atoms with E-state index in [0.717, 1.165) is 25.9 Å². The van der Waals surface area contributed by atoms with Crippen molar-refractivity contribution in [1.82, 2.24) is 4.98 Å². The van der Waals surface area contributed by atoms with Crippen molar-refractivity contribution in [1.29, 1.82) is 0 Å². The summed E-state index contributed by atoms with van der Waals surface area (Å²) in [6, 6.07) is 0.442. The lowest BCUT2D eigenvalue weighted by atomic mass is 10.4. The van der Waals surface area contributed by atoms with E-state index in [4.69, 9.17) is 9.52 Å². The van der Waals surface area contributed by atoms with Crippen molar-refractivity contribution in [2.45, 2.75) is 19.8 Å². The van der Waals surface area contributed by atoms with Crippen LogP contribution in [0.3, 0.4) is 0 Å². The van der Waals surface area contributed by atoms with Crippen molar-refractivity contribution in [3.05, 3.63) is 11.5 Å². The number of aromatic nitrogens is 1. The van der Waals surface area contributed by atoms with Crippen LogP contribution in [0, 0.1) is 6.92 Å². The van der Waals surface area contributed by atoms with Crippen molar-refractivity contribution in [2.75, 3.05) is 18.0 Å². The van der Waals surface area contributed by atoms with Gasteiger partial charge in [0.25, 0.3) is 6.01 Å². The van der Waals surface area contributed by atoms with Gasteiger partial charge >= 0.3 is 5.97 Å². The van der Waals surface area contributed by atoms with Crippen molar-refractivity contribution in [2.24, 2.45) is 0 Å². The van der Waals surface area contributed by atoms with Gasteiger partial charge in [-0.25, -0.2) is 4.79 Å². The lowest BCUT2D eigenvalue weighted by Gasteiger charge is -2.10. The molecule has 0 saturated carbocycles. The van der Waals surface area contributed by atoms with Gasteiger partial charge in [0.05, 0.1) is 0 Å². The van der Waals surface area contributed by atoms with Gasteiger partial charge in [-0.3, -0.25) is 0 Å². The molecule has 1 saturated heterocycles. The van der Waals surface area contributed by atoms with Crippen molar-refractivity contribution < 1.29 is 14.3 Å². The lowest BCUT2D eigenvalue weighted by Crippen LogP contribution is -2.18. The zero-order valence-electron chi connectivity index (χ0n) is 7.99. The third-order valence-electron chi connectivity index (χ3n) is 2.36. The van der Waals surface area contributed by atoms with E-state index in [-0.39, 0.29) is 5.69 Å². The summed E-state index contributed by atoms with van der Waals surface area (Å²) in [5.41, 5.74) is 0.0203. The molecule has 1 aliphatic heterocycles. The summed E-state index contributed by atoms with van der Waals surface area (Å²) in [5, 5.41) is 8.78. The van der Waals surface area contributed by atoms with Crippen molar-refractivity contribution in [3.63, 3.8) is 0 Å². The molecule has 0 aromatic carbocycles. The summed E-state index contributed by atoms with van der Waals surface area (Å²) in [5.74, 6) is -0.656. The first-order valence-electron chi connectivity index (χ1n) is 4.64. The van der Waals surface area contributed by atoms with Crippen LogP contribution in [0.1, 0.15) is 29.1 Å². The first kappa shape index (κ1) is 9.05. The van der Waals surface area contributed by atoms with Gasteiger partial charge in [0.15, 0.2) is 5.69 Å². The van der Waals surface area contributed by atoms with E-state index >= 15 is 0 Å². The maximum Gasteiger partial charge on any atom is 0.358 e. The molecule has 0 aliphatic carbocycles. The van der Waals surface area contributed by atoms with Crippen molar-refractivity contribution in [3.8, 4) is 0 Å². The van der Waals surface area contributed by atoms with Crippen LogP contribution in [0.2, 0.25) is 0 Å². The molecule has 5 nitrogen and oxygen atoms in total. The second kappa shape index (κ2) is 3.32. The van der Waals surface area contributed by atoms with E-state index in [0.29, 0.717) is 11.8 Å². The van der Waals surface area contributed by atoms with Crippen LogP contribution in [-0.2, 0) is 0 Å². The number of carbonyl (C=O) groups is 1. The highest BCUT2D eigenvalue weighted by molar-refractivity contribution is 5.86. The average Bonchev–Trinajstić information content (AvgIpc) is 2.70. The Bertz CT molecular complexity index is 353. The van der Waals surface area contributed by atoms with E-state index in [1.54, 1.807) is 6.92 Å². The molecular weight excluding hydrogens is 184 g/mol. The van der Waals surface area contributed by atoms with Crippen LogP contribution in [0.5, 0.6) is 0 Å². The Kier molecular flexibility index (Phi) is 2.15. The van der Waals surface area contributed by atoms with E-state index < -0.39 is 5.97 Å². The molecule has 0 bridgehead atoms. The fourth-order valence-corrected chi connectivity index (χ4v) is 1.62. The average molecular weight is 196 g/mol. The van der Waals surface area contributed by atoms with Crippen LogP contribution in [0.4, 0.5) is 6.01 Å². The van der Waals surface area contributed by atoms with Crippen LogP contribution in [-0.4, -0.2) is 29.1 Å². The molecule has 0 amide bonds. The fraction of sp³-hybridized carbons (Fsp3) is 0.556. The van der Waals surface area contributed by atoms with Crippen LogP contribution < -0.4 is 4.90 Å². The summed E-state index contributed by atoms with van der Waals surface area (Å²) in [4.78, 5) is 16.6. The van der Waals surface area contributed by atoms with E-state index in [2.05, 4.69) is 4.98 Å². The Morgan fingerprint density at radius 3 is 2.64 bits per heavy atom. The van der Waals surface area contributed by atoms with Gasteiger partial charge in [0, 0.05) is 13.1 Å². The molecule has 1 aromatic rings. The monoisotopic (exact) mass is 196 g/mol. The molecule has 76 valence electrons. The molecule has 0 radical (unpaired) electrons. The fourth-order valence-electron chi connectivity index (χ4n) is 1.62. The van der Waals surface area contributed by atoms with Crippen LogP contribution in [0.25, 0.3) is 0 Å². The molecule has 0 atom stereocenters. The Hall–Kier alpha value is -1.52. The predicted molar refractivity (Wildman–Crippen MR) is 49.6 cm³/mol. The minimum absolute atomic E-state index is 0.0203. The molecule has 0 unspecified atom stereocenters. The first-order chi connectivity index (χ1) is 6.68. The van der Waals surface area contributed by atoms with E-state index in [1.165, 1.54) is 0 Å². The smallest absolute Gasteiger partial charge is 0.358 e. The Labute approximate surface area is 81.3 Å². The molecule has 1 fully saturated rings. The number of hydrogen-bond acceptors (Lipinski definition) is 4. The topological polar surface area (TPSA) is 66.6 Å². The van der Waals surface area contributed by atoms with Gasteiger partial charge in [0.1, 0.15) is 5.76 Å². The molecule has 5 heteroatoms. The number of anilines is 1. The van der Waals surface area contributed by atoms with Crippen LogP contribution in [0.15, 0.2) is 4.42 Å². The third kappa shape index (κ3) is 1.45. The Morgan fingerprint density at radius 2 is 2.14 bits per heavy atom. The number of hydrogen-bond donors (Lipinski definition) is 1. The SMILES string of the molecule is Cc1oc(N2CCCC2)nc1C(=O)O. The Balaban J connectivity index is 2.27. The summed E-state index contributed by atoms with van der Waals surface area (Å²) in [6.07, 6.45) is 2.23. The van der Waals surface area contributed by atoms with Gasteiger partial charge in [-0.2, -0.15) is 4.98 Å². The highest BCUT2D eigenvalue weighted by Crippen LogP contribution is 2.22. The van der Waals surface area contributed by atoms with Gasteiger partial charge < -0.3 is 14.4 Å². The Morgan fingerprint density at radius 1 is 1.50 bits per heavy atom. The number of carboxylic acids is 1.